The summed E-state index contributed by atoms with van der Waals surface area (Å²) in [6.07, 6.45) is 3.17. The van der Waals surface area contributed by atoms with Crippen LogP contribution in [-0.4, -0.2) is 75.5 Å². The first-order valence-electron chi connectivity index (χ1n) is 14.0. The van der Waals surface area contributed by atoms with E-state index in [1.807, 2.05) is 30.3 Å². The second-order valence-corrected chi connectivity index (χ2v) is 11.0. The number of anilines is 2. The number of hydrogen-bond acceptors (Lipinski definition) is 6. The fourth-order valence-corrected chi connectivity index (χ4v) is 5.42. The zero-order chi connectivity index (χ0) is 28.1. The van der Waals surface area contributed by atoms with Crippen molar-refractivity contribution in [2.75, 3.05) is 64.2 Å². The number of likely N-dealkylation sites (tertiary alicyclic amines) is 1. The van der Waals surface area contributed by atoms with E-state index in [4.69, 9.17) is 4.74 Å². The molecule has 1 unspecified atom stereocenters. The Bertz CT molecular complexity index is 1380. The lowest BCUT2D eigenvalue weighted by molar-refractivity contribution is 0.0661. The number of aliphatic hydroxyl groups is 1. The summed E-state index contributed by atoms with van der Waals surface area (Å²) in [5.74, 6) is 0.763. The van der Waals surface area contributed by atoms with E-state index in [2.05, 4.69) is 96.4 Å². The summed E-state index contributed by atoms with van der Waals surface area (Å²) in [5.41, 5.74) is 8.61. The van der Waals surface area contributed by atoms with Gasteiger partial charge >= 0.3 is 0 Å². The van der Waals surface area contributed by atoms with Crippen LogP contribution in [0.3, 0.4) is 0 Å². The zero-order valence-corrected chi connectivity index (χ0v) is 24.0. The molecule has 2 heterocycles. The Labute approximate surface area is 238 Å². The molecule has 0 saturated carbocycles. The van der Waals surface area contributed by atoms with Crippen molar-refractivity contribution in [1.29, 1.82) is 0 Å². The van der Waals surface area contributed by atoms with E-state index in [1.54, 1.807) is 6.20 Å². The van der Waals surface area contributed by atoms with Gasteiger partial charge in [0.1, 0.15) is 18.5 Å². The van der Waals surface area contributed by atoms with Crippen LogP contribution >= 0.6 is 0 Å². The van der Waals surface area contributed by atoms with Crippen LogP contribution in [0.5, 0.6) is 5.75 Å². The Balaban J connectivity index is 1.27. The SMILES string of the molecule is CN(C)c1ccc(C(=C2CCN(CC(O)COc3cccc4ncccc34)CC2)c2ccc(N(C)C)cc2)cc1. The highest BCUT2D eigenvalue weighted by Crippen LogP contribution is 2.34. The average Bonchev–Trinajstić information content (AvgIpc) is 2.97. The number of aromatic nitrogens is 1. The van der Waals surface area contributed by atoms with Gasteiger partial charge in [0.05, 0.1) is 5.52 Å². The molecule has 1 atom stereocenters. The van der Waals surface area contributed by atoms with Crippen LogP contribution in [0, 0.1) is 0 Å². The van der Waals surface area contributed by atoms with Crippen molar-refractivity contribution in [3.8, 4) is 5.75 Å². The number of nitrogens with zero attached hydrogens (tertiary/aromatic N) is 4. The number of benzene rings is 3. The molecule has 0 radical (unpaired) electrons. The summed E-state index contributed by atoms with van der Waals surface area (Å²) in [6, 6.07) is 27.5. The first-order valence-corrected chi connectivity index (χ1v) is 14.0. The van der Waals surface area contributed by atoms with Gasteiger partial charge in [0, 0.05) is 70.8 Å². The summed E-state index contributed by atoms with van der Waals surface area (Å²) in [6.45, 7) is 2.69. The van der Waals surface area contributed by atoms with Crippen molar-refractivity contribution < 1.29 is 9.84 Å². The van der Waals surface area contributed by atoms with Gasteiger partial charge in [0.2, 0.25) is 0 Å². The number of pyridine rings is 1. The van der Waals surface area contributed by atoms with Crippen molar-refractivity contribution in [2.45, 2.75) is 18.9 Å². The Hall–Kier alpha value is -3.87. The molecule has 40 heavy (non-hydrogen) atoms. The van der Waals surface area contributed by atoms with Crippen LogP contribution in [-0.2, 0) is 0 Å². The third kappa shape index (κ3) is 6.46. The Morgan fingerprint density at radius 3 is 2.00 bits per heavy atom. The van der Waals surface area contributed by atoms with Gasteiger partial charge in [-0.15, -0.1) is 0 Å². The average molecular weight is 537 g/mol. The molecule has 1 saturated heterocycles. The molecule has 3 aromatic carbocycles. The lowest BCUT2D eigenvalue weighted by Gasteiger charge is -2.31. The number of piperidine rings is 1. The lowest BCUT2D eigenvalue weighted by atomic mass is 9.88. The first kappa shape index (κ1) is 27.7. The maximum Gasteiger partial charge on any atom is 0.128 e. The molecule has 1 fully saturated rings. The summed E-state index contributed by atoms with van der Waals surface area (Å²) >= 11 is 0. The highest BCUT2D eigenvalue weighted by atomic mass is 16.5. The maximum absolute atomic E-state index is 10.8. The second kappa shape index (κ2) is 12.5. The number of ether oxygens (including phenoxy) is 1. The van der Waals surface area contributed by atoms with Gasteiger partial charge in [0.15, 0.2) is 0 Å². The Morgan fingerprint density at radius 1 is 0.825 bits per heavy atom. The molecule has 1 aliphatic heterocycles. The molecule has 0 amide bonds. The summed E-state index contributed by atoms with van der Waals surface area (Å²) in [4.78, 5) is 11.0. The van der Waals surface area contributed by atoms with Crippen molar-refractivity contribution in [1.82, 2.24) is 9.88 Å². The Morgan fingerprint density at radius 2 is 1.43 bits per heavy atom. The van der Waals surface area contributed by atoms with E-state index in [0.717, 1.165) is 42.6 Å². The molecule has 4 aromatic rings. The number of fused-ring (bicyclic) bond motifs is 1. The normalized spacial score (nSPS) is 14.7. The fraction of sp³-hybridized carbons (Fsp3) is 0.324. The van der Waals surface area contributed by atoms with Crippen molar-refractivity contribution in [3.05, 3.63) is 102 Å². The third-order valence-corrected chi connectivity index (χ3v) is 7.66. The standard InChI is InChI=1S/C34H40N4O2/c1-36(2)28-14-10-25(11-15-28)34(26-12-16-29(17-13-26)37(3)4)27-18-21-38(22-19-27)23-30(39)24-40-33-9-5-8-32-31(33)7-6-20-35-32/h5-17,20,30,39H,18-19,21-24H2,1-4H3. The smallest absolute Gasteiger partial charge is 0.128 e. The van der Waals surface area contributed by atoms with Crippen LogP contribution in [0.15, 0.2) is 90.6 Å². The lowest BCUT2D eigenvalue weighted by Crippen LogP contribution is -2.39. The third-order valence-electron chi connectivity index (χ3n) is 7.66. The van der Waals surface area contributed by atoms with E-state index in [0.29, 0.717) is 6.54 Å². The number of β-amino-alcohol motifs (C(OH)–C–C–N with tert-alkyl or cyclic N) is 1. The van der Waals surface area contributed by atoms with Gasteiger partial charge < -0.3 is 19.6 Å². The zero-order valence-electron chi connectivity index (χ0n) is 24.0. The van der Waals surface area contributed by atoms with E-state index < -0.39 is 6.10 Å². The molecule has 6 nitrogen and oxygen atoms in total. The van der Waals surface area contributed by atoms with Crippen molar-refractivity contribution in [3.63, 3.8) is 0 Å². The summed E-state index contributed by atoms with van der Waals surface area (Å²) in [7, 11) is 8.29. The molecule has 0 aliphatic carbocycles. The molecule has 0 spiro atoms. The van der Waals surface area contributed by atoms with Crippen LogP contribution in [0.1, 0.15) is 24.0 Å². The minimum atomic E-state index is -0.561. The predicted molar refractivity (Wildman–Crippen MR) is 166 cm³/mol. The van der Waals surface area contributed by atoms with Crippen molar-refractivity contribution in [2.24, 2.45) is 0 Å². The summed E-state index contributed by atoms with van der Waals surface area (Å²) in [5, 5.41) is 11.8. The van der Waals surface area contributed by atoms with E-state index in [9.17, 15) is 5.11 Å². The second-order valence-electron chi connectivity index (χ2n) is 11.0. The van der Waals surface area contributed by atoms with Gasteiger partial charge in [-0.2, -0.15) is 0 Å². The minimum absolute atomic E-state index is 0.259. The molecular formula is C34H40N4O2. The van der Waals surface area contributed by atoms with E-state index in [1.165, 1.54) is 33.6 Å². The topological polar surface area (TPSA) is 52.1 Å². The van der Waals surface area contributed by atoms with E-state index in [-0.39, 0.29) is 6.61 Å². The largest absolute Gasteiger partial charge is 0.490 e. The highest BCUT2D eigenvalue weighted by Gasteiger charge is 2.21. The number of aliphatic hydroxyl groups excluding tert-OH is 1. The predicted octanol–water partition coefficient (Wildman–Crippen LogP) is 5.70. The minimum Gasteiger partial charge on any atom is -0.490 e. The monoisotopic (exact) mass is 536 g/mol. The molecule has 1 aliphatic rings. The van der Waals surface area contributed by atoms with Crippen LogP contribution in [0.25, 0.3) is 16.5 Å². The highest BCUT2D eigenvalue weighted by molar-refractivity contribution is 5.85. The van der Waals surface area contributed by atoms with E-state index >= 15 is 0 Å². The molecule has 6 heteroatoms. The molecule has 5 rings (SSSR count). The summed E-state index contributed by atoms with van der Waals surface area (Å²) < 4.78 is 6.02. The van der Waals surface area contributed by atoms with Gasteiger partial charge in [-0.1, -0.05) is 35.9 Å². The fourth-order valence-electron chi connectivity index (χ4n) is 5.42. The molecule has 0 bridgehead atoms. The molecule has 1 aromatic heterocycles. The molecule has 1 N–H and O–H groups in total. The van der Waals surface area contributed by atoms with Crippen molar-refractivity contribution >= 4 is 27.9 Å². The first-order chi connectivity index (χ1) is 19.4. The van der Waals surface area contributed by atoms with Gasteiger partial charge in [0.25, 0.3) is 0 Å². The van der Waals surface area contributed by atoms with Gasteiger partial charge in [-0.05, 0) is 78.1 Å². The number of hydrogen-bond donors (Lipinski definition) is 1. The molecule has 208 valence electrons. The number of rotatable bonds is 9. The quantitative estimate of drug-likeness (QED) is 0.296. The van der Waals surface area contributed by atoms with Gasteiger partial charge in [-0.3, -0.25) is 9.88 Å². The maximum atomic E-state index is 10.8. The van der Waals surface area contributed by atoms with Crippen LogP contribution < -0.4 is 14.5 Å². The van der Waals surface area contributed by atoms with Crippen LogP contribution in [0.2, 0.25) is 0 Å². The molecular weight excluding hydrogens is 496 g/mol. The van der Waals surface area contributed by atoms with Crippen LogP contribution in [0.4, 0.5) is 11.4 Å². The Kier molecular flexibility index (Phi) is 8.68. The van der Waals surface area contributed by atoms with Gasteiger partial charge in [-0.25, -0.2) is 0 Å².